The number of halogens is 4. The SMILES string of the molecule is COc1cc(CCCO)c(I(OC(=O)C(F)(F)F)c2ccccc2)c(OC)c1. The zero-order valence-electron chi connectivity index (χ0n) is 15.3. The van der Waals surface area contributed by atoms with Gasteiger partial charge in [0.25, 0.3) is 0 Å². The standard InChI is InChI=1S/C19H20F3IO5/c1-26-15-11-13(7-6-10-24)17(16(12-15)27-2)23(14-8-4-3-5-9-14)28-18(25)19(20,21)22/h3-5,8-9,11-12,24H,6-7,10H2,1-2H3. The van der Waals surface area contributed by atoms with E-state index in [1.54, 1.807) is 42.5 Å². The second-order valence-corrected chi connectivity index (χ2v) is 9.72. The Labute approximate surface area is 168 Å². The van der Waals surface area contributed by atoms with Crippen LogP contribution in [-0.2, 0) is 14.3 Å². The van der Waals surface area contributed by atoms with Crippen LogP contribution in [0.5, 0.6) is 11.5 Å². The summed E-state index contributed by atoms with van der Waals surface area (Å²) in [5, 5.41) is 9.20. The molecule has 0 aliphatic carbocycles. The number of methoxy groups -OCH3 is 2. The molecule has 154 valence electrons. The molecule has 0 heterocycles. The molecule has 0 saturated heterocycles. The number of alkyl halides is 3. The van der Waals surface area contributed by atoms with Gasteiger partial charge in [0.2, 0.25) is 0 Å². The number of ether oxygens (including phenoxy) is 2. The number of benzene rings is 2. The first kappa shape index (κ1) is 22.3. The normalized spacial score (nSPS) is 11.7. The molecule has 2 aromatic carbocycles. The first-order valence-electron chi connectivity index (χ1n) is 8.22. The van der Waals surface area contributed by atoms with Crippen molar-refractivity contribution in [1.29, 1.82) is 0 Å². The summed E-state index contributed by atoms with van der Waals surface area (Å²) in [6.07, 6.45) is -4.35. The van der Waals surface area contributed by atoms with Crippen LogP contribution in [-0.4, -0.2) is 38.1 Å². The van der Waals surface area contributed by atoms with Crippen LogP contribution in [0.3, 0.4) is 0 Å². The molecule has 0 spiro atoms. The molecule has 0 saturated carbocycles. The van der Waals surface area contributed by atoms with Crippen LogP contribution in [0.4, 0.5) is 13.2 Å². The molecule has 2 rings (SSSR count). The van der Waals surface area contributed by atoms with Crippen molar-refractivity contribution in [3.05, 3.63) is 55.2 Å². The molecule has 0 aliphatic heterocycles. The van der Waals surface area contributed by atoms with E-state index in [1.807, 2.05) is 0 Å². The van der Waals surface area contributed by atoms with Crippen LogP contribution in [0.1, 0.15) is 12.0 Å². The van der Waals surface area contributed by atoms with E-state index in [4.69, 9.17) is 12.5 Å². The van der Waals surface area contributed by atoms with Crippen LogP contribution >= 0.6 is 20.2 Å². The molecule has 0 aliphatic rings. The van der Waals surface area contributed by atoms with Crippen molar-refractivity contribution < 1.29 is 35.6 Å². The summed E-state index contributed by atoms with van der Waals surface area (Å²) in [6, 6.07) is 11.5. The molecule has 9 heteroatoms. The summed E-state index contributed by atoms with van der Waals surface area (Å²) in [6.45, 7) is -0.0964. The van der Waals surface area contributed by atoms with Crippen molar-refractivity contribution >= 4 is 26.2 Å². The number of carbonyl (C=O) groups is 1. The van der Waals surface area contributed by atoms with Crippen LogP contribution in [0.2, 0.25) is 0 Å². The van der Waals surface area contributed by atoms with E-state index in [1.165, 1.54) is 14.2 Å². The maximum absolute atomic E-state index is 12.9. The van der Waals surface area contributed by atoms with E-state index in [9.17, 15) is 23.1 Å². The third kappa shape index (κ3) is 5.51. The maximum atomic E-state index is 12.9. The molecular formula is C19H20F3IO5. The number of aliphatic hydroxyl groups is 1. The van der Waals surface area contributed by atoms with Gasteiger partial charge in [-0.15, -0.1) is 0 Å². The Balaban J connectivity index is 2.64. The molecule has 0 amide bonds. The second kappa shape index (κ2) is 9.97. The van der Waals surface area contributed by atoms with Crippen molar-refractivity contribution in [3.8, 4) is 11.5 Å². The van der Waals surface area contributed by atoms with Crippen LogP contribution < -0.4 is 9.47 Å². The summed E-state index contributed by atoms with van der Waals surface area (Å²) < 4.78 is 55.4. The van der Waals surface area contributed by atoms with E-state index in [2.05, 4.69) is 0 Å². The Morgan fingerprint density at radius 2 is 1.79 bits per heavy atom. The van der Waals surface area contributed by atoms with Crippen LogP contribution in [0, 0.1) is 7.14 Å². The molecule has 2 aromatic rings. The Bertz CT molecular complexity index is 796. The van der Waals surface area contributed by atoms with Crippen molar-refractivity contribution in [2.75, 3.05) is 20.8 Å². The number of hydrogen-bond acceptors (Lipinski definition) is 5. The summed E-state index contributed by atoms with van der Waals surface area (Å²) in [5.41, 5.74) is 0.620. The molecule has 0 fully saturated rings. The van der Waals surface area contributed by atoms with Gasteiger partial charge in [0.1, 0.15) is 0 Å². The van der Waals surface area contributed by atoms with Gasteiger partial charge in [-0.1, -0.05) is 0 Å². The molecule has 0 bridgehead atoms. The summed E-state index contributed by atoms with van der Waals surface area (Å²) in [7, 11) is 2.85. The summed E-state index contributed by atoms with van der Waals surface area (Å²) >= 11 is -3.34. The van der Waals surface area contributed by atoms with Crippen molar-refractivity contribution in [3.63, 3.8) is 0 Å². The van der Waals surface area contributed by atoms with Gasteiger partial charge in [0.15, 0.2) is 0 Å². The van der Waals surface area contributed by atoms with Gasteiger partial charge >= 0.3 is 168 Å². The predicted molar refractivity (Wildman–Crippen MR) is 105 cm³/mol. The monoisotopic (exact) mass is 512 g/mol. The second-order valence-electron chi connectivity index (χ2n) is 5.54. The average molecular weight is 512 g/mol. The van der Waals surface area contributed by atoms with Gasteiger partial charge < -0.3 is 0 Å². The number of rotatable bonds is 8. The third-order valence-electron chi connectivity index (χ3n) is 3.63. The topological polar surface area (TPSA) is 65.0 Å². The molecule has 28 heavy (non-hydrogen) atoms. The first-order chi connectivity index (χ1) is 13.3. The molecule has 1 N–H and O–H groups in total. The fourth-order valence-corrected chi connectivity index (χ4v) is 7.10. The summed E-state index contributed by atoms with van der Waals surface area (Å²) in [5.74, 6) is -1.48. The van der Waals surface area contributed by atoms with Gasteiger partial charge in [0.05, 0.1) is 0 Å². The van der Waals surface area contributed by atoms with Gasteiger partial charge in [0, 0.05) is 0 Å². The van der Waals surface area contributed by atoms with Crippen molar-refractivity contribution in [2.24, 2.45) is 0 Å². The average Bonchev–Trinajstić information content (AvgIpc) is 2.69. The first-order valence-corrected chi connectivity index (χ1v) is 11.3. The van der Waals surface area contributed by atoms with E-state index >= 15 is 0 Å². The number of aliphatic hydroxyl groups excluding tert-OH is 1. The minimum absolute atomic E-state index is 0.0964. The zero-order chi connectivity index (χ0) is 20.7. The van der Waals surface area contributed by atoms with Gasteiger partial charge in [-0.2, -0.15) is 0 Å². The predicted octanol–water partition coefficient (Wildman–Crippen LogP) is 4.20. The number of aryl methyl sites for hydroxylation is 1. The Morgan fingerprint density at radius 3 is 2.32 bits per heavy atom. The van der Waals surface area contributed by atoms with Crippen molar-refractivity contribution in [1.82, 2.24) is 0 Å². The molecule has 0 unspecified atom stereocenters. The molecule has 0 atom stereocenters. The molecule has 0 aromatic heterocycles. The minimum atomic E-state index is -5.10. The van der Waals surface area contributed by atoms with E-state index in [-0.39, 0.29) is 12.4 Å². The quantitative estimate of drug-likeness (QED) is 0.538. The van der Waals surface area contributed by atoms with Crippen LogP contribution in [0.15, 0.2) is 42.5 Å². The molecule has 5 nitrogen and oxygen atoms in total. The van der Waals surface area contributed by atoms with E-state index in [0.717, 1.165) is 0 Å². The van der Waals surface area contributed by atoms with Crippen molar-refractivity contribution in [2.45, 2.75) is 19.0 Å². The molecule has 0 radical (unpaired) electrons. The number of hydrogen-bond donors (Lipinski definition) is 1. The third-order valence-corrected chi connectivity index (χ3v) is 8.52. The summed E-state index contributed by atoms with van der Waals surface area (Å²) in [4.78, 5) is 11.7. The fourth-order valence-electron chi connectivity index (χ4n) is 2.38. The van der Waals surface area contributed by atoms with Gasteiger partial charge in [-0.05, 0) is 0 Å². The fraction of sp³-hybridized carbons (Fsp3) is 0.316. The number of carbonyl (C=O) groups excluding carboxylic acids is 1. The van der Waals surface area contributed by atoms with Gasteiger partial charge in [-0.25, -0.2) is 0 Å². The van der Waals surface area contributed by atoms with Gasteiger partial charge in [-0.3, -0.25) is 0 Å². The Hall–Kier alpha value is -2.01. The van der Waals surface area contributed by atoms with E-state index < -0.39 is 32.4 Å². The Kier molecular flexibility index (Phi) is 7.93. The Morgan fingerprint density at radius 1 is 1.11 bits per heavy atom. The zero-order valence-corrected chi connectivity index (χ0v) is 17.4. The van der Waals surface area contributed by atoms with Crippen LogP contribution in [0.25, 0.3) is 0 Å². The molecular weight excluding hydrogens is 492 g/mol. The van der Waals surface area contributed by atoms with E-state index in [0.29, 0.717) is 31.3 Å².